The lowest BCUT2D eigenvalue weighted by Crippen LogP contribution is -2.61. The van der Waals surface area contributed by atoms with Crippen molar-refractivity contribution >= 4 is 18.0 Å². The molecule has 2 aliphatic rings. The Morgan fingerprint density at radius 1 is 1.29 bits per heavy atom. The van der Waals surface area contributed by atoms with Crippen molar-refractivity contribution < 1.29 is 9.13 Å². The molecule has 0 aromatic heterocycles. The van der Waals surface area contributed by atoms with Gasteiger partial charge in [-0.15, -0.1) is 0 Å². The van der Waals surface area contributed by atoms with Crippen molar-refractivity contribution in [3.63, 3.8) is 0 Å². The number of anilines is 1. The van der Waals surface area contributed by atoms with Gasteiger partial charge in [0, 0.05) is 23.8 Å². The number of benzene rings is 1. The van der Waals surface area contributed by atoms with Crippen LogP contribution in [0.1, 0.15) is 46.5 Å². The van der Waals surface area contributed by atoms with E-state index < -0.39 is 11.5 Å². The first kappa shape index (κ1) is 20.6. The number of likely N-dealkylation sites (N-methyl/N-ethyl adjacent to an activating group) is 1. The lowest BCUT2D eigenvalue weighted by Gasteiger charge is -2.55. The molecule has 3 rings (SSSR count). The van der Waals surface area contributed by atoms with Gasteiger partial charge in [-0.25, -0.2) is 14.4 Å². The molecule has 1 aliphatic carbocycles. The van der Waals surface area contributed by atoms with Crippen LogP contribution >= 0.6 is 0 Å². The van der Waals surface area contributed by atoms with Crippen molar-refractivity contribution in [2.24, 2.45) is 9.98 Å². The Hall–Kier alpha value is -2.15. The van der Waals surface area contributed by atoms with Gasteiger partial charge in [0.2, 0.25) is 5.96 Å². The van der Waals surface area contributed by atoms with E-state index in [1.807, 2.05) is 25.3 Å². The molecule has 1 fully saturated rings. The number of hydrogen-bond acceptors (Lipinski definition) is 6. The van der Waals surface area contributed by atoms with Crippen molar-refractivity contribution in [3.8, 4) is 5.75 Å². The molecule has 154 valence electrons. The molecule has 0 saturated heterocycles. The first-order chi connectivity index (χ1) is 13.3. The molecule has 1 saturated carbocycles. The van der Waals surface area contributed by atoms with E-state index in [1.165, 1.54) is 25.3 Å². The van der Waals surface area contributed by atoms with Gasteiger partial charge in [0.25, 0.3) is 0 Å². The monoisotopic (exact) mass is 389 g/mol. The predicted molar refractivity (Wildman–Crippen MR) is 113 cm³/mol. The SMILES string of the molecule is CCC1(N2C=NC(Nc3ccc(OCCN(C)C)c(F)c3)=NC2(C)C)CCC1. The normalized spacial score (nSPS) is 20.0. The molecule has 1 N–H and O–H groups in total. The van der Waals surface area contributed by atoms with E-state index in [1.54, 1.807) is 12.1 Å². The fourth-order valence-electron chi connectivity index (χ4n) is 3.87. The van der Waals surface area contributed by atoms with Gasteiger partial charge < -0.3 is 19.9 Å². The van der Waals surface area contributed by atoms with E-state index in [2.05, 4.69) is 36.0 Å². The van der Waals surface area contributed by atoms with Crippen molar-refractivity contribution in [1.82, 2.24) is 9.80 Å². The number of ether oxygens (including phenoxy) is 1. The molecule has 1 aliphatic heterocycles. The summed E-state index contributed by atoms with van der Waals surface area (Å²) in [5, 5.41) is 3.13. The van der Waals surface area contributed by atoms with E-state index in [-0.39, 0.29) is 11.3 Å². The molecule has 0 bridgehead atoms. The Labute approximate surface area is 167 Å². The second kappa shape index (κ2) is 8.07. The van der Waals surface area contributed by atoms with Crippen LogP contribution < -0.4 is 10.1 Å². The zero-order valence-corrected chi connectivity index (χ0v) is 17.6. The minimum absolute atomic E-state index is 0.166. The first-order valence-corrected chi connectivity index (χ1v) is 10.0. The van der Waals surface area contributed by atoms with E-state index in [4.69, 9.17) is 9.73 Å². The Morgan fingerprint density at radius 3 is 2.57 bits per heavy atom. The van der Waals surface area contributed by atoms with Gasteiger partial charge in [-0.2, -0.15) is 0 Å². The summed E-state index contributed by atoms with van der Waals surface area (Å²) in [7, 11) is 3.90. The molecule has 0 amide bonds. The summed E-state index contributed by atoms with van der Waals surface area (Å²) in [4.78, 5) is 13.6. The average Bonchev–Trinajstić information content (AvgIpc) is 2.57. The fourth-order valence-corrected chi connectivity index (χ4v) is 3.87. The molecular formula is C21H32FN5O. The average molecular weight is 390 g/mol. The number of guanidine groups is 1. The second-order valence-corrected chi connectivity index (χ2v) is 8.40. The molecule has 1 aromatic carbocycles. The highest BCUT2D eigenvalue weighted by atomic mass is 19.1. The van der Waals surface area contributed by atoms with Crippen LogP contribution in [0.4, 0.5) is 10.1 Å². The molecule has 7 heteroatoms. The summed E-state index contributed by atoms with van der Waals surface area (Å²) in [5.41, 5.74) is 0.375. The molecule has 6 nitrogen and oxygen atoms in total. The Morgan fingerprint density at radius 2 is 2.04 bits per heavy atom. The highest BCUT2D eigenvalue weighted by Gasteiger charge is 2.46. The summed E-state index contributed by atoms with van der Waals surface area (Å²) in [6.45, 7) is 7.59. The molecule has 28 heavy (non-hydrogen) atoms. The number of halogens is 1. The molecule has 0 spiro atoms. The van der Waals surface area contributed by atoms with Crippen molar-refractivity contribution in [1.29, 1.82) is 0 Å². The van der Waals surface area contributed by atoms with Crippen LogP contribution in [0.2, 0.25) is 0 Å². The van der Waals surface area contributed by atoms with Crippen LogP contribution in [-0.4, -0.2) is 60.5 Å². The third kappa shape index (κ3) is 4.29. The van der Waals surface area contributed by atoms with E-state index in [9.17, 15) is 4.39 Å². The van der Waals surface area contributed by atoms with Crippen molar-refractivity contribution in [2.45, 2.75) is 57.7 Å². The Balaban J connectivity index is 1.66. The maximum Gasteiger partial charge on any atom is 0.226 e. The van der Waals surface area contributed by atoms with Crippen LogP contribution in [0.5, 0.6) is 5.75 Å². The summed E-state index contributed by atoms with van der Waals surface area (Å²) >= 11 is 0. The number of nitrogens with one attached hydrogen (secondary N) is 1. The van der Waals surface area contributed by atoms with Gasteiger partial charge >= 0.3 is 0 Å². The summed E-state index contributed by atoms with van der Waals surface area (Å²) in [5.74, 6) is 0.347. The van der Waals surface area contributed by atoms with Crippen LogP contribution in [0.25, 0.3) is 0 Å². The predicted octanol–water partition coefficient (Wildman–Crippen LogP) is 3.95. The maximum absolute atomic E-state index is 14.3. The highest BCUT2D eigenvalue weighted by molar-refractivity contribution is 5.99. The fraction of sp³-hybridized carbons (Fsp3) is 0.619. The van der Waals surface area contributed by atoms with Crippen LogP contribution in [-0.2, 0) is 0 Å². The van der Waals surface area contributed by atoms with Crippen molar-refractivity contribution in [2.75, 3.05) is 32.6 Å². The third-order valence-electron chi connectivity index (χ3n) is 5.70. The second-order valence-electron chi connectivity index (χ2n) is 8.40. The number of rotatable bonds is 7. The van der Waals surface area contributed by atoms with Gasteiger partial charge in [0.15, 0.2) is 11.6 Å². The van der Waals surface area contributed by atoms with Gasteiger partial charge in [0.1, 0.15) is 12.3 Å². The first-order valence-electron chi connectivity index (χ1n) is 10.0. The van der Waals surface area contributed by atoms with Gasteiger partial charge in [-0.1, -0.05) is 6.92 Å². The Kier molecular flexibility index (Phi) is 5.93. The van der Waals surface area contributed by atoms with Crippen LogP contribution in [0, 0.1) is 5.82 Å². The van der Waals surface area contributed by atoms with E-state index in [0.717, 1.165) is 13.0 Å². The lowest BCUT2D eigenvalue weighted by atomic mass is 9.72. The van der Waals surface area contributed by atoms with Gasteiger partial charge in [-0.05, 0) is 65.8 Å². The molecular weight excluding hydrogens is 357 g/mol. The highest BCUT2D eigenvalue weighted by Crippen LogP contribution is 2.44. The maximum atomic E-state index is 14.3. The van der Waals surface area contributed by atoms with Crippen LogP contribution in [0.3, 0.4) is 0 Å². The third-order valence-corrected chi connectivity index (χ3v) is 5.70. The van der Waals surface area contributed by atoms with Crippen LogP contribution in [0.15, 0.2) is 28.2 Å². The van der Waals surface area contributed by atoms with E-state index in [0.29, 0.717) is 18.3 Å². The molecule has 0 radical (unpaired) electrons. The molecule has 0 unspecified atom stereocenters. The molecule has 1 heterocycles. The van der Waals surface area contributed by atoms with Gasteiger partial charge in [0.05, 0.1) is 6.34 Å². The zero-order chi connectivity index (χ0) is 20.4. The summed E-state index contributed by atoms with van der Waals surface area (Å²) < 4.78 is 19.8. The summed E-state index contributed by atoms with van der Waals surface area (Å²) in [6, 6.07) is 4.84. The summed E-state index contributed by atoms with van der Waals surface area (Å²) in [6.07, 6.45) is 6.59. The topological polar surface area (TPSA) is 52.5 Å². The number of aliphatic imine (C=N–C) groups is 2. The van der Waals surface area contributed by atoms with Gasteiger partial charge in [-0.3, -0.25) is 0 Å². The number of nitrogens with zero attached hydrogens (tertiary/aromatic N) is 4. The zero-order valence-electron chi connectivity index (χ0n) is 17.6. The largest absolute Gasteiger partial charge is 0.489 e. The number of hydrogen-bond donors (Lipinski definition) is 1. The smallest absolute Gasteiger partial charge is 0.226 e. The standard InChI is InChI=1S/C21H32FN5O/c1-6-21(10-7-11-21)27-15-23-19(25-20(27,2)3)24-16-8-9-18(17(22)14-16)28-13-12-26(4)5/h8-9,14-15H,6-7,10-13H2,1-5H3,(H,24,25). The lowest BCUT2D eigenvalue weighted by molar-refractivity contribution is 0.0106. The molecule has 0 atom stereocenters. The Bertz CT molecular complexity index is 750. The quantitative estimate of drug-likeness (QED) is 0.767. The van der Waals surface area contributed by atoms with E-state index >= 15 is 0 Å². The van der Waals surface area contributed by atoms with Crippen molar-refractivity contribution in [3.05, 3.63) is 24.0 Å². The minimum atomic E-state index is -0.399. The molecule has 1 aromatic rings. The minimum Gasteiger partial charge on any atom is -0.489 e.